The number of nitrogens with one attached hydrogen (secondary N) is 2. The number of ether oxygens (including phenoxy) is 1. The van der Waals surface area contributed by atoms with Crippen LogP contribution < -0.4 is 15.5 Å². The lowest BCUT2D eigenvalue weighted by Crippen LogP contribution is -2.35. The highest BCUT2D eigenvalue weighted by Gasteiger charge is 2.13. The summed E-state index contributed by atoms with van der Waals surface area (Å²) < 4.78 is 5.23. The number of rotatable bonds is 6. The van der Waals surface area contributed by atoms with Gasteiger partial charge in [0.2, 0.25) is 0 Å². The Labute approximate surface area is 134 Å². The second-order valence-electron chi connectivity index (χ2n) is 4.86. The molecule has 0 fully saturated rings. The molecule has 0 radical (unpaired) electrons. The minimum atomic E-state index is -0.507. The van der Waals surface area contributed by atoms with Crippen molar-refractivity contribution in [3.05, 3.63) is 54.1 Å². The molecule has 6 heteroatoms. The van der Waals surface area contributed by atoms with Gasteiger partial charge in [-0.05, 0) is 31.2 Å². The van der Waals surface area contributed by atoms with Gasteiger partial charge in [-0.1, -0.05) is 24.3 Å². The number of benzene rings is 2. The summed E-state index contributed by atoms with van der Waals surface area (Å²) in [5, 5.41) is 16.5. The van der Waals surface area contributed by atoms with E-state index in [1.807, 2.05) is 24.3 Å². The number of anilines is 1. The lowest BCUT2D eigenvalue weighted by Gasteiger charge is -2.15. The van der Waals surface area contributed by atoms with E-state index < -0.39 is 6.04 Å². The SMILES string of the molecule is COc1ccccc1N[C@@H](C)C(=O)N/N=C\c1ccccc1O. The Bertz CT molecular complexity index is 701. The van der Waals surface area contributed by atoms with Gasteiger partial charge in [0.05, 0.1) is 19.0 Å². The van der Waals surface area contributed by atoms with Gasteiger partial charge in [-0.2, -0.15) is 5.10 Å². The molecule has 0 aliphatic carbocycles. The van der Waals surface area contributed by atoms with E-state index in [0.29, 0.717) is 11.3 Å². The van der Waals surface area contributed by atoms with Crippen molar-refractivity contribution < 1.29 is 14.6 Å². The highest BCUT2D eigenvalue weighted by molar-refractivity contribution is 5.87. The molecular formula is C17H19N3O3. The topological polar surface area (TPSA) is 83.0 Å². The first-order valence-electron chi connectivity index (χ1n) is 7.12. The fraction of sp³-hybridized carbons (Fsp3) is 0.176. The average Bonchev–Trinajstić information content (AvgIpc) is 2.57. The fourth-order valence-corrected chi connectivity index (χ4v) is 1.92. The van der Waals surface area contributed by atoms with Gasteiger partial charge in [-0.3, -0.25) is 4.79 Å². The number of hydrogen-bond donors (Lipinski definition) is 3. The van der Waals surface area contributed by atoms with Gasteiger partial charge >= 0.3 is 0 Å². The number of aromatic hydroxyl groups is 1. The number of para-hydroxylation sites is 3. The molecular weight excluding hydrogens is 294 g/mol. The first-order valence-corrected chi connectivity index (χ1v) is 7.12. The lowest BCUT2D eigenvalue weighted by molar-refractivity contribution is -0.121. The van der Waals surface area contributed by atoms with Gasteiger partial charge < -0.3 is 15.2 Å². The van der Waals surface area contributed by atoms with Crippen LogP contribution in [0.5, 0.6) is 11.5 Å². The molecule has 0 aliphatic rings. The van der Waals surface area contributed by atoms with Crippen molar-refractivity contribution in [1.82, 2.24) is 5.43 Å². The van der Waals surface area contributed by atoms with E-state index >= 15 is 0 Å². The molecule has 0 unspecified atom stereocenters. The van der Waals surface area contributed by atoms with E-state index in [0.717, 1.165) is 5.69 Å². The standard InChI is InChI=1S/C17H19N3O3/c1-12(19-14-8-4-6-10-16(14)23-2)17(22)20-18-11-13-7-3-5-9-15(13)21/h3-12,19,21H,1-2H3,(H,20,22)/b18-11-/t12-/m0/s1. The van der Waals surface area contributed by atoms with E-state index in [2.05, 4.69) is 15.8 Å². The van der Waals surface area contributed by atoms with Crippen LogP contribution in [0.2, 0.25) is 0 Å². The van der Waals surface area contributed by atoms with Gasteiger partial charge in [0.25, 0.3) is 5.91 Å². The van der Waals surface area contributed by atoms with E-state index in [9.17, 15) is 9.90 Å². The van der Waals surface area contributed by atoms with Crippen LogP contribution in [0, 0.1) is 0 Å². The number of phenols is 1. The Morgan fingerprint density at radius 3 is 2.65 bits per heavy atom. The third kappa shape index (κ3) is 4.47. The minimum Gasteiger partial charge on any atom is -0.507 e. The van der Waals surface area contributed by atoms with Crippen LogP contribution in [-0.2, 0) is 4.79 Å². The van der Waals surface area contributed by atoms with Crippen LogP contribution in [0.4, 0.5) is 5.69 Å². The molecule has 23 heavy (non-hydrogen) atoms. The summed E-state index contributed by atoms with van der Waals surface area (Å²) in [5.74, 6) is 0.457. The first kappa shape index (κ1) is 16.4. The van der Waals surface area contributed by atoms with Gasteiger partial charge in [-0.15, -0.1) is 0 Å². The Morgan fingerprint density at radius 1 is 1.22 bits per heavy atom. The molecule has 2 rings (SSSR count). The Balaban J connectivity index is 1.94. The summed E-state index contributed by atoms with van der Waals surface area (Å²) in [6.07, 6.45) is 1.39. The summed E-state index contributed by atoms with van der Waals surface area (Å²) >= 11 is 0. The molecule has 2 aromatic carbocycles. The summed E-state index contributed by atoms with van der Waals surface area (Å²) in [6, 6.07) is 13.6. The van der Waals surface area contributed by atoms with Crippen LogP contribution in [0.1, 0.15) is 12.5 Å². The maximum absolute atomic E-state index is 12.0. The Hall–Kier alpha value is -3.02. The van der Waals surface area contributed by atoms with Gasteiger partial charge in [-0.25, -0.2) is 5.43 Å². The number of hydrogen-bond acceptors (Lipinski definition) is 5. The molecule has 0 aromatic heterocycles. The van der Waals surface area contributed by atoms with Gasteiger partial charge in [0.1, 0.15) is 17.5 Å². The van der Waals surface area contributed by atoms with Crippen LogP contribution in [0.15, 0.2) is 53.6 Å². The van der Waals surface area contributed by atoms with Crippen molar-refractivity contribution in [2.75, 3.05) is 12.4 Å². The first-order chi connectivity index (χ1) is 11.1. The molecule has 6 nitrogen and oxygen atoms in total. The molecule has 3 N–H and O–H groups in total. The molecule has 0 saturated heterocycles. The van der Waals surface area contributed by atoms with Crippen molar-refractivity contribution >= 4 is 17.8 Å². The highest BCUT2D eigenvalue weighted by atomic mass is 16.5. The summed E-state index contributed by atoms with van der Waals surface area (Å²) in [6.45, 7) is 1.72. The van der Waals surface area contributed by atoms with E-state index in [4.69, 9.17) is 4.74 Å². The molecule has 0 spiro atoms. The van der Waals surface area contributed by atoms with Crippen molar-refractivity contribution in [3.63, 3.8) is 0 Å². The zero-order chi connectivity index (χ0) is 16.7. The van der Waals surface area contributed by atoms with Crippen molar-refractivity contribution in [1.29, 1.82) is 0 Å². The number of carbonyl (C=O) groups is 1. The molecule has 1 atom stereocenters. The molecule has 0 saturated carbocycles. The van der Waals surface area contributed by atoms with Gasteiger partial charge in [0, 0.05) is 5.56 Å². The molecule has 0 bridgehead atoms. The van der Waals surface area contributed by atoms with Crippen LogP contribution in [-0.4, -0.2) is 30.4 Å². The second kappa shape index (κ2) is 7.84. The zero-order valence-corrected chi connectivity index (χ0v) is 13.0. The summed E-state index contributed by atoms with van der Waals surface area (Å²) in [5.41, 5.74) is 3.68. The van der Waals surface area contributed by atoms with E-state index in [1.165, 1.54) is 6.21 Å². The quantitative estimate of drug-likeness (QED) is 0.565. The average molecular weight is 313 g/mol. The monoisotopic (exact) mass is 313 g/mol. The van der Waals surface area contributed by atoms with Crippen LogP contribution >= 0.6 is 0 Å². The maximum atomic E-state index is 12.0. The third-order valence-corrected chi connectivity index (χ3v) is 3.19. The largest absolute Gasteiger partial charge is 0.507 e. The summed E-state index contributed by atoms with van der Waals surface area (Å²) in [4.78, 5) is 12.0. The van der Waals surface area contributed by atoms with Crippen LogP contribution in [0.25, 0.3) is 0 Å². The Morgan fingerprint density at radius 2 is 1.91 bits per heavy atom. The number of nitrogens with zero attached hydrogens (tertiary/aromatic N) is 1. The number of methoxy groups -OCH3 is 1. The minimum absolute atomic E-state index is 0.102. The van der Waals surface area contributed by atoms with E-state index in [-0.39, 0.29) is 11.7 Å². The molecule has 1 amide bonds. The predicted octanol–water partition coefficient (Wildman–Crippen LogP) is 2.35. The third-order valence-electron chi connectivity index (χ3n) is 3.19. The molecule has 2 aromatic rings. The smallest absolute Gasteiger partial charge is 0.262 e. The summed E-state index contributed by atoms with van der Waals surface area (Å²) in [7, 11) is 1.57. The zero-order valence-electron chi connectivity index (χ0n) is 13.0. The van der Waals surface area contributed by atoms with Crippen molar-refractivity contribution in [2.45, 2.75) is 13.0 Å². The lowest BCUT2D eigenvalue weighted by atomic mass is 10.2. The predicted molar refractivity (Wildman–Crippen MR) is 89.9 cm³/mol. The highest BCUT2D eigenvalue weighted by Crippen LogP contribution is 2.23. The van der Waals surface area contributed by atoms with Crippen LogP contribution in [0.3, 0.4) is 0 Å². The maximum Gasteiger partial charge on any atom is 0.262 e. The van der Waals surface area contributed by atoms with Gasteiger partial charge in [0.15, 0.2) is 0 Å². The normalized spacial score (nSPS) is 11.9. The fourth-order valence-electron chi connectivity index (χ4n) is 1.92. The number of hydrazone groups is 1. The number of phenolic OH excluding ortho intramolecular Hbond substituents is 1. The number of amides is 1. The van der Waals surface area contributed by atoms with Crippen molar-refractivity contribution in [3.8, 4) is 11.5 Å². The Kier molecular flexibility index (Phi) is 5.57. The molecule has 0 aliphatic heterocycles. The molecule has 120 valence electrons. The van der Waals surface area contributed by atoms with E-state index in [1.54, 1.807) is 38.3 Å². The molecule has 0 heterocycles. The van der Waals surface area contributed by atoms with Crippen molar-refractivity contribution in [2.24, 2.45) is 5.10 Å². The number of carbonyl (C=O) groups excluding carboxylic acids is 1. The second-order valence-corrected chi connectivity index (χ2v) is 4.86.